The molecule has 0 saturated carbocycles. The van der Waals surface area contributed by atoms with Gasteiger partial charge in [0.1, 0.15) is 11.6 Å². The number of aromatic nitrogens is 5. The summed E-state index contributed by atoms with van der Waals surface area (Å²) in [5, 5.41) is 7.21. The Labute approximate surface area is 170 Å². The van der Waals surface area contributed by atoms with Gasteiger partial charge in [-0.3, -0.25) is 9.48 Å². The Kier molecular flexibility index (Phi) is 5.09. The molecule has 29 heavy (non-hydrogen) atoms. The quantitative estimate of drug-likeness (QED) is 0.543. The second-order valence-corrected chi connectivity index (χ2v) is 6.77. The SMILES string of the molecule is Cn1nccc1Nc1nccc(-c2ccn(Cc3ccc(Cl)c(F)c3)c(=O)c2)n1. The zero-order valence-electron chi connectivity index (χ0n) is 15.4. The van der Waals surface area contributed by atoms with Gasteiger partial charge in [0.15, 0.2) is 0 Å². The molecule has 0 radical (unpaired) electrons. The fourth-order valence-electron chi connectivity index (χ4n) is 2.82. The van der Waals surface area contributed by atoms with Crippen molar-refractivity contribution in [2.24, 2.45) is 7.05 Å². The smallest absolute Gasteiger partial charge is 0.251 e. The van der Waals surface area contributed by atoms with E-state index in [1.54, 1.807) is 54.6 Å². The second-order valence-electron chi connectivity index (χ2n) is 6.36. The maximum Gasteiger partial charge on any atom is 0.251 e. The van der Waals surface area contributed by atoms with Crippen LogP contribution in [0.2, 0.25) is 5.02 Å². The first-order chi connectivity index (χ1) is 14.0. The molecule has 0 bridgehead atoms. The standard InChI is InChI=1S/C20H16ClFN6O/c1-27-18(5-8-24-27)26-20-23-7-4-17(25-20)14-6-9-28(19(29)11-14)12-13-2-3-15(21)16(22)10-13/h2-11H,12H2,1H3,(H,23,25,26). The first-order valence-corrected chi connectivity index (χ1v) is 9.10. The highest BCUT2D eigenvalue weighted by atomic mass is 35.5. The van der Waals surface area contributed by atoms with Crippen LogP contribution in [0.25, 0.3) is 11.3 Å². The first kappa shape index (κ1) is 18.8. The van der Waals surface area contributed by atoms with Crippen LogP contribution in [0.1, 0.15) is 5.56 Å². The van der Waals surface area contributed by atoms with Gasteiger partial charge in [-0.1, -0.05) is 17.7 Å². The Morgan fingerprint density at radius 2 is 2.00 bits per heavy atom. The minimum atomic E-state index is -0.511. The number of hydrogen-bond acceptors (Lipinski definition) is 5. The van der Waals surface area contributed by atoms with E-state index in [1.165, 1.54) is 22.8 Å². The van der Waals surface area contributed by atoms with Crippen molar-refractivity contribution in [2.45, 2.75) is 6.54 Å². The van der Waals surface area contributed by atoms with Gasteiger partial charge in [-0.05, 0) is 29.8 Å². The van der Waals surface area contributed by atoms with Crippen LogP contribution >= 0.6 is 11.6 Å². The minimum absolute atomic E-state index is 0.0516. The van der Waals surface area contributed by atoms with E-state index >= 15 is 0 Å². The average molecular weight is 411 g/mol. The first-order valence-electron chi connectivity index (χ1n) is 8.72. The van der Waals surface area contributed by atoms with Gasteiger partial charge in [0.05, 0.1) is 23.5 Å². The van der Waals surface area contributed by atoms with Crippen LogP contribution < -0.4 is 10.9 Å². The summed E-state index contributed by atoms with van der Waals surface area (Å²) in [5.41, 5.74) is 1.68. The van der Waals surface area contributed by atoms with Crippen molar-refractivity contribution in [3.8, 4) is 11.3 Å². The molecule has 0 saturated heterocycles. The van der Waals surface area contributed by atoms with Crippen LogP contribution in [0.3, 0.4) is 0 Å². The number of rotatable bonds is 5. The van der Waals surface area contributed by atoms with Crippen molar-refractivity contribution in [1.82, 2.24) is 24.3 Å². The second kappa shape index (κ2) is 7.84. The summed E-state index contributed by atoms with van der Waals surface area (Å²) >= 11 is 5.70. The maximum atomic E-state index is 13.6. The summed E-state index contributed by atoms with van der Waals surface area (Å²) in [4.78, 5) is 21.2. The molecule has 3 heterocycles. The Bertz CT molecular complexity index is 1240. The van der Waals surface area contributed by atoms with Crippen molar-refractivity contribution >= 4 is 23.4 Å². The molecule has 1 aromatic carbocycles. The Hall–Kier alpha value is -3.52. The van der Waals surface area contributed by atoms with E-state index in [1.807, 2.05) is 0 Å². The maximum absolute atomic E-state index is 13.6. The van der Waals surface area contributed by atoms with E-state index in [0.717, 1.165) is 5.82 Å². The molecule has 0 fully saturated rings. The highest BCUT2D eigenvalue weighted by Gasteiger charge is 2.08. The van der Waals surface area contributed by atoms with Gasteiger partial charge in [-0.15, -0.1) is 0 Å². The van der Waals surface area contributed by atoms with Crippen molar-refractivity contribution in [2.75, 3.05) is 5.32 Å². The van der Waals surface area contributed by atoms with E-state index in [4.69, 9.17) is 11.6 Å². The molecule has 0 aliphatic carbocycles. The third kappa shape index (κ3) is 4.17. The molecule has 0 amide bonds. The van der Waals surface area contributed by atoms with Crippen LogP contribution in [0, 0.1) is 5.82 Å². The van der Waals surface area contributed by atoms with Crippen LogP contribution in [0.5, 0.6) is 0 Å². The van der Waals surface area contributed by atoms with Crippen molar-refractivity contribution in [1.29, 1.82) is 0 Å². The Balaban J connectivity index is 1.57. The molecule has 0 aliphatic heterocycles. The molecule has 4 aromatic rings. The van der Waals surface area contributed by atoms with E-state index in [9.17, 15) is 9.18 Å². The lowest BCUT2D eigenvalue weighted by Crippen LogP contribution is -2.19. The van der Waals surface area contributed by atoms with E-state index in [2.05, 4.69) is 20.4 Å². The van der Waals surface area contributed by atoms with Crippen LogP contribution in [0.4, 0.5) is 16.2 Å². The monoisotopic (exact) mass is 410 g/mol. The molecule has 4 rings (SSSR count). The van der Waals surface area contributed by atoms with Crippen molar-refractivity contribution in [3.05, 3.63) is 87.8 Å². The van der Waals surface area contributed by atoms with Gasteiger partial charge in [-0.2, -0.15) is 5.10 Å². The predicted molar refractivity (Wildman–Crippen MR) is 109 cm³/mol. The number of pyridine rings is 1. The fraction of sp³-hybridized carbons (Fsp3) is 0.100. The lowest BCUT2D eigenvalue weighted by atomic mass is 10.2. The third-order valence-electron chi connectivity index (χ3n) is 4.35. The highest BCUT2D eigenvalue weighted by molar-refractivity contribution is 6.30. The van der Waals surface area contributed by atoms with Gasteiger partial charge in [0, 0.05) is 37.1 Å². The summed E-state index contributed by atoms with van der Waals surface area (Å²) in [7, 11) is 1.80. The number of nitrogens with zero attached hydrogens (tertiary/aromatic N) is 5. The number of aryl methyl sites for hydroxylation is 1. The zero-order chi connectivity index (χ0) is 20.4. The van der Waals surface area contributed by atoms with Gasteiger partial charge < -0.3 is 9.88 Å². The zero-order valence-corrected chi connectivity index (χ0v) is 16.1. The van der Waals surface area contributed by atoms with E-state index in [-0.39, 0.29) is 17.1 Å². The normalized spacial score (nSPS) is 10.9. The van der Waals surface area contributed by atoms with Crippen LogP contribution in [0.15, 0.2) is 65.8 Å². The fourth-order valence-corrected chi connectivity index (χ4v) is 2.94. The molecule has 1 N–H and O–H groups in total. The van der Waals surface area contributed by atoms with Gasteiger partial charge in [0.2, 0.25) is 5.95 Å². The average Bonchev–Trinajstić information content (AvgIpc) is 3.11. The summed E-state index contributed by atoms with van der Waals surface area (Å²) in [6.45, 7) is 0.240. The Morgan fingerprint density at radius 3 is 2.72 bits per heavy atom. The van der Waals surface area contributed by atoms with Crippen LogP contribution in [-0.2, 0) is 13.6 Å². The van der Waals surface area contributed by atoms with Gasteiger partial charge >= 0.3 is 0 Å². The third-order valence-corrected chi connectivity index (χ3v) is 4.65. The molecule has 7 nitrogen and oxygen atoms in total. The lowest BCUT2D eigenvalue weighted by molar-refractivity contribution is 0.623. The molecule has 0 aliphatic rings. The highest BCUT2D eigenvalue weighted by Crippen LogP contribution is 2.19. The van der Waals surface area contributed by atoms with Crippen molar-refractivity contribution < 1.29 is 4.39 Å². The molecule has 9 heteroatoms. The summed E-state index contributed by atoms with van der Waals surface area (Å²) in [6.07, 6.45) is 4.93. The number of anilines is 2. The summed E-state index contributed by atoms with van der Waals surface area (Å²) in [6, 6.07) is 11.3. The number of nitrogens with one attached hydrogen (secondary N) is 1. The molecule has 0 spiro atoms. The molecule has 3 aromatic heterocycles. The molecule has 146 valence electrons. The summed E-state index contributed by atoms with van der Waals surface area (Å²) in [5.74, 6) is 0.628. The molecular weight excluding hydrogens is 395 g/mol. The predicted octanol–water partition coefficient (Wildman–Crippen LogP) is 3.62. The number of halogens is 2. The van der Waals surface area contributed by atoms with E-state index in [0.29, 0.717) is 22.8 Å². The molecule has 0 unspecified atom stereocenters. The number of hydrogen-bond donors (Lipinski definition) is 1. The minimum Gasteiger partial charge on any atom is -0.311 e. The molecule has 0 atom stereocenters. The van der Waals surface area contributed by atoms with Gasteiger partial charge in [0.25, 0.3) is 5.56 Å². The van der Waals surface area contributed by atoms with Crippen molar-refractivity contribution in [3.63, 3.8) is 0 Å². The summed E-state index contributed by atoms with van der Waals surface area (Å²) < 4.78 is 16.8. The Morgan fingerprint density at radius 1 is 1.14 bits per heavy atom. The van der Waals surface area contributed by atoms with E-state index < -0.39 is 5.82 Å². The largest absolute Gasteiger partial charge is 0.311 e. The topological polar surface area (TPSA) is 77.6 Å². The molecular formula is C20H16ClFN6O. The number of benzene rings is 1. The van der Waals surface area contributed by atoms with Gasteiger partial charge in [-0.25, -0.2) is 14.4 Å². The van der Waals surface area contributed by atoms with Crippen LogP contribution in [-0.4, -0.2) is 24.3 Å². The lowest BCUT2D eigenvalue weighted by Gasteiger charge is -2.09.